The Labute approximate surface area is 149 Å². The van der Waals surface area contributed by atoms with Crippen LogP contribution in [0.2, 0.25) is 10.0 Å². The van der Waals surface area contributed by atoms with Gasteiger partial charge >= 0.3 is 5.97 Å². The highest BCUT2D eigenvalue weighted by atomic mass is 35.5. The van der Waals surface area contributed by atoms with Gasteiger partial charge in [0, 0.05) is 12.0 Å². The fraction of sp³-hybridized carbons (Fsp3) is 0.312. The Bertz CT molecular complexity index is 738. The number of nitrogens with zero attached hydrogens (tertiary/aromatic N) is 1. The van der Waals surface area contributed by atoms with E-state index in [1.165, 1.54) is 7.11 Å². The fourth-order valence-electron chi connectivity index (χ4n) is 2.09. The lowest BCUT2D eigenvalue weighted by atomic mass is 10.1. The van der Waals surface area contributed by atoms with E-state index in [0.717, 1.165) is 12.8 Å². The van der Waals surface area contributed by atoms with E-state index in [2.05, 4.69) is 10.5 Å². The molecular weight excluding hydrogens is 355 g/mol. The van der Waals surface area contributed by atoms with Gasteiger partial charge in [0.05, 0.1) is 17.2 Å². The molecular formula is C16H16Cl2N2O4. The summed E-state index contributed by atoms with van der Waals surface area (Å²) in [5, 5.41) is 6.98. The van der Waals surface area contributed by atoms with Crippen LogP contribution >= 0.6 is 23.2 Å². The molecule has 0 radical (unpaired) electrons. The van der Waals surface area contributed by atoms with Crippen LogP contribution in [0.3, 0.4) is 0 Å². The third-order valence-corrected chi connectivity index (χ3v) is 3.92. The Morgan fingerprint density at radius 2 is 1.96 bits per heavy atom. The average Bonchev–Trinajstić information content (AvgIpc) is 2.95. The number of esters is 1. The highest BCUT2D eigenvalue weighted by Crippen LogP contribution is 2.38. The number of hydrogen-bond donors (Lipinski definition) is 1. The first kappa shape index (κ1) is 18.3. The summed E-state index contributed by atoms with van der Waals surface area (Å²) < 4.78 is 9.90. The van der Waals surface area contributed by atoms with Crippen LogP contribution in [0.15, 0.2) is 22.7 Å². The van der Waals surface area contributed by atoms with Crippen LogP contribution in [0.1, 0.15) is 36.5 Å². The number of hydrogen-bond acceptors (Lipinski definition) is 5. The minimum absolute atomic E-state index is 0.0302. The van der Waals surface area contributed by atoms with Gasteiger partial charge in [0.2, 0.25) is 11.8 Å². The number of carbonyl (C=O) groups is 2. The Hall–Kier alpha value is -2.05. The van der Waals surface area contributed by atoms with Gasteiger partial charge in [-0.15, -0.1) is 0 Å². The number of ether oxygens (including phenoxy) is 1. The van der Waals surface area contributed by atoms with Crippen LogP contribution in [0.5, 0.6) is 0 Å². The number of benzene rings is 1. The van der Waals surface area contributed by atoms with Crippen LogP contribution < -0.4 is 5.32 Å². The van der Waals surface area contributed by atoms with Gasteiger partial charge in [-0.1, -0.05) is 47.8 Å². The van der Waals surface area contributed by atoms with Gasteiger partial charge < -0.3 is 9.26 Å². The van der Waals surface area contributed by atoms with E-state index in [4.69, 9.17) is 32.5 Å². The lowest BCUT2D eigenvalue weighted by Gasteiger charge is -2.06. The van der Waals surface area contributed by atoms with Crippen LogP contribution in [-0.4, -0.2) is 24.1 Å². The zero-order chi connectivity index (χ0) is 17.7. The van der Waals surface area contributed by atoms with Crippen molar-refractivity contribution in [3.8, 4) is 11.3 Å². The third-order valence-electron chi connectivity index (χ3n) is 3.29. The zero-order valence-electron chi connectivity index (χ0n) is 13.2. The maximum atomic E-state index is 12.1. The van der Waals surface area contributed by atoms with Gasteiger partial charge in [-0.25, -0.2) is 4.79 Å². The number of aromatic nitrogens is 1. The topological polar surface area (TPSA) is 81.4 Å². The van der Waals surface area contributed by atoms with Crippen molar-refractivity contribution < 1.29 is 18.8 Å². The summed E-state index contributed by atoms with van der Waals surface area (Å²) >= 11 is 12.3. The standard InChI is InChI=1S/C16H16Cl2N2O4/c1-3-4-8-11(21)19-15-13(16(22)23-2)14(20-24-15)12-9(17)6-5-7-10(12)18/h5-7H,3-4,8H2,1-2H3,(H,19,21). The molecule has 1 aromatic heterocycles. The molecule has 24 heavy (non-hydrogen) atoms. The van der Waals surface area contributed by atoms with Gasteiger partial charge in [-0.3, -0.25) is 10.1 Å². The van der Waals surface area contributed by atoms with Crippen molar-refractivity contribution in [3.63, 3.8) is 0 Å². The van der Waals surface area contributed by atoms with E-state index in [9.17, 15) is 9.59 Å². The van der Waals surface area contributed by atoms with Crippen molar-refractivity contribution in [2.75, 3.05) is 12.4 Å². The number of anilines is 1. The summed E-state index contributed by atoms with van der Waals surface area (Å²) in [6.45, 7) is 1.97. The summed E-state index contributed by atoms with van der Waals surface area (Å²) in [4.78, 5) is 24.1. The molecule has 1 aromatic carbocycles. The van der Waals surface area contributed by atoms with Crippen molar-refractivity contribution in [1.29, 1.82) is 0 Å². The highest BCUT2D eigenvalue weighted by Gasteiger charge is 2.28. The Morgan fingerprint density at radius 3 is 2.54 bits per heavy atom. The minimum atomic E-state index is -0.715. The summed E-state index contributed by atoms with van der Waals surface area (Å²) in [6, 6.07) is 4.88. The summed E-state index contributed by atoms with van der Waals surface area (Å²) in [7, 11) is 1.22. The molecule has 0 atom stereocenters. The van der Waals surface area contributed by atoms with Crippen LogP contribution in [0, 0.1) is 0 Å². The molecule has 0 saturated heterocycles. The van der Waals surface area contributed by atoms with Crippen molar-refractivity contribution in [3.05, 3.63) is 33.8 Å². The number of unbranched alkanes of at least 4 members (excludes halogenated alkanes) is 1. The molecule has 1 heterocycles. The zero-order valence-corrected chi connectivity index (χ0v) is 14.7. The van der Waals surface area contributed by atoms with Gasteiger partial charge in [-0.2, -0.15) is 0 Å². The van der Waals surface area contributed by atoms with E-state index >= 15 is 0 Å². The number of methoxy groups -OCH3 is 1. The lowest BCUT2D eigenvalue weighted by Crippen LogP contribution is -2.14. The third kappa shape index (κ3) is 3.88. The first-order chi connectivity index (χ1) is 11.5. The predicted octanol–water partition coefficient (Wildman–Crippen LogP) is 4.56. The fourth-order valence-corrected chi connectivity index (χ4v) is 2.66. The van der Waals surface area contributed by atoms with Crippen molar-refractivity contribution in [2.45, 2.75) is 26.2 Å². The first-order valence-electron chi connectivity index (χ1n) is 7.31. The van der Waals surface area contributed by atoms with Gasteiger partial charge in [0.15, 0.2) is 5.56 Å². The predicted molar refractivity (Wildman–Crippen MR) is 91.5 cm³/mol. The number of amides is 1. The Morgan fingerprint density at radius 1 is 1.29 bits per heavy atom. The van der Waals surface area contributed by atoms with Gasteiger partial charge in [0.1, 0.15) is 5.69 Å². The van der Waals surface area contributed by atoms with E-state index in [0.29, 0.717) is 22.0 Å². The quantitative estimate of drug-likeness (QED) is 0.753. The molecule has 2 aromatic rings. The Kier molecular flexibility index (Phi) is 6.23. The summed E-state index contributed by atoms with van der Waals surface area (Å²) in [5.41, 5.74) is 0.416. The largest absolute Gasteiger partial charge is 0.465 e. The van der Waals surface area contributed by atoms with Crippen molar-refractivity contribution in [2.24, 2.45) is 0 Å². The van der Waals surface area contributed by atoms with E-state index in [1.54, 1.807) is 18.2 Å². The molecule has 0 fully saturated rings. The number of carbonyl (C=O) groups excluding carboxylic acids is 2. The maximum Gasteiger partial charge on any atom is 0.345 e. The minimum Gasteiger partial charge on any atom is -0.465 e. The first-order valence-corrected chi connectivity index (χ1v) is 8.07. The second-order valence-corrected chi connectivity index (χ2v) is 5.79. The normalized spacial score (nSPS) is 10.5. The molecule has 0 bridgehead atoms. The van der Waals surface area contributed by atoms with E-state index < -0.39 is 5.97 Å². The van der Waals surface area contributed by atoms with Crippen molar-refractivity contribution in [1.82, 2.24) is 5.16 Å². The molecule has 6 nitrogen and oxygen atoms in total. The molecule has 8 heteroatoms. The average molecular weight is 371 g/mol. The Balaban J connectivity index is 2.47. The van der Waals surface area contributed by atoms with Crippen LogP contribution in [0.4, 0.5) is 5.88 Å². The molecule has 0 aliphatic heterocycles. The molecule has 1 amide bonds. The van der Waals surface area contributed by atoms with Crippen molar-refractivity contribution >= 4 is 41.0 Å². The molecule has 1 N–H and O–H groups in total. The summed E-state index contributed by atoms with van der Waals surface area (Å²) in [6.07, 6.45) is 1.89. The van der Waals surface area contributed by atoms with E-state index in [-0.39, 0.29) is 23.0 Å². The molecule has 128 valence electrons. The SMILES string of the molecule is CCCCC(=O)Nc1onc(-c2c(Cl)cccc2Cl)c1C(=O)OC. The van der Waals surface area contributed by atoms with Gasteiger partial charge in [-0.05, 0) is 18.6 Å². The smallest absolute Gasteiger partial charge is 0.345 e. The van der Waals surface area contributed by atoms with Crippen LogP contribution in [0.25, 0.3) is 11.3 Å². The maximum absolute atomic E-state index is 12.1. The molecule has 0 spiro atoms. The molecule has 0 aliphatic carbocycles. The monoisotopic (exact) mass is 370 g/mol. The number of halogens is 2. The number of nitrogens with one attached hydrogen (secondary N) is 1. The van der Waals surface area contributed by atoms with E-state index in [1.807, 2.05) is 6.92 Å². The highest BCUT2D eigenvalue weighted by molar-refractivity contribution is 6.39. The second kappa shape index (κ2) is 8.17. The second-order valence-electron chi connectivity index (χ2n) is 4.98. The molecule has 0 unspecified atom stereocenters. The molecule has 0 aliphatic rings. The lowest BCUT2D eigenvalue weighted by molar-refractivity contribution is -0.116. The number of rotatable bonds is 6. The van der Waals surface area contributed by atoms with Gasteiger partial charge in [0.25, 0.3) is 0 Å². The molecule has 0 saturated carbocycles. The van der Waals surface area contributed by atoms with Crippen LogP contribution in [-0.2, 0) is 9.53 Å². The summed E-state index contributed by atoms with van der Waals surface area (Å²) in [5.74, 6) is -1.09. The molecule has 2 rings (SSSR count).